The molecular weight excluding hydrogens is 243 g/mol. The molecule has 0 fully saturated rings. The first-order valence-corrected chi connectivity index (χ1v) is 7.64. The number of carboxylic acid groups (broad SMARTS) is 1. The summed E-state index contributed by atoms with van der Waals surface area (Å²) in [5.41, 5.74) is 0. The molecule has 0 aromatic carbocycles. The summed E-state index contributed by atoms with van der Waals surface area (Å²) in [5, 5.41) is 8.80. The Bertz CT molecular complexity index is 196. The summed E-state index contributed by atoms with van der Waals surface area (Å²) in [6, 6.07) is 0. The van der Waals surface area contributed by atoms with E-state index < -0.39 is 28.4 Å². The van der Waals surface area contributed by atoms with E-state index in [1.54, 1.807) is 0 Å². The van der Waals surface area contributed by atoms with Crippen LogP contribution in [0.15, 0.2) is 9.91 Å². The molecule has 0 aromatic rings. The Balaban J connectivity index is 2.62. The van der Waals surface area contributed by atoms with Crippen molar-refractivity contribution in [2.75, 3.05) is 0 Å². The van der Waals surface area contributed by atoms with E-state index in [2.05, 4.69) is 13.7 Å². The Morgan fingerprint density at radius 2 is 2.55 bits per heavy atom. The molecule has 1 aliphatic heterocycles. The molecule has 1 aliphatic rings. The summed E-state index contributed by atoms with van der Waals surface area (Å²) < 4.78 is 4.46. The average molecular weight is 254 g/mol. The molecule has 58 valence electrons. The molecule has 0 saturated carbocycles. The maximum absolute atomic E-state index is 10.7. The molecule has 2 unspecified atom stereocenters. The minimum absolute atomic E-state index is 0.167. The van der Waals surface area contributed by atoms with Crippen molar-refractivity contribution in [1.82, 2.24) is 0 Å². The van der Waals surface area contributed by atoms with E-state index in [1.165, 1.54) is 0 Å². The summed E-state index contributed by atoms with van der Waals surface area (Å²) in [5.74, 6) is -0.568. The molecule has 0 aromatic heterocycles. The van der Waals surface area contributed by atoms with E-state index in [4.69, 9.17) is 5.11 Å². The van der Waals surface area contributed by atoms with Crippen molar-refractivity contribution in [3.05, 3.63) is 9.91 Å². The van der Waals surface area contributed by atoms with Gasteiger partial charge >= 0.3 is 77.1 Å². The number of hydrogen-bond acceptors (Lipinski definition) is 1. The fourth-order valence-electron chi connectivity index (χ4n) is 1.33. The summed E-state index contributed by atoms with van der Waals surface area (Å²) in [4.78, 5) is 10.7. The third-order valence-corrected chi connectivity index (χ3v) is 5.17. The van der Waals surface area contributed by atoms with Gasteiger partial charge in [-0.25, -0.2) is 0 Å². The predicted molar refractivity (Wildman–Crippen MR) is 45.9 cm³/mol. The van der Waals surface area contributed by atoms with Gasteiger partial charge in [0.2, 0.25) is 0 Å². The minimum atomic E-state index is -0.650. The van der Waals surface area contributed by atoms with Gasteiger partial charge in [-0.15, -0.1) is 0 Å². The van der Waals surface area contributed by atoms with Gasteiger partial charge in [0.05, 0.1) is 0 Å². The summed E-state index contributed by atoms with van der Waals surface area (Å²) >= 11 is -0.555. The van der Waals surface area contributed by atoms with Crippen molar-refractivity contribution in [3.8, 4) is 0 Å². The number of aliphatic carboxylic acids is 1. The first kappa shape index (κ1) is 9.04. The maximum atomic E-state index is 10.7. The summed E-state index contributed by atoms with van der Waals surface area (Å²) in [7, 11) is 0. The fraction of sp³-hybridized carbons (Fsp3) is 0.500. The molecule has 0 saturated heterocycles. The predicted octanol–water partition coefficient (Wildman–Crippen LogP) is 0.747. The third kappa shape index (κ3) is 2.19. The van der Waals surface area contributed by atoms with Gasteiger partial charge in [-0.1, -0.05) is 0 Å². The van der Waals surface area contributed by atoms with Crippen LogP contribution in [0.3, 0.4) is 0 Å². The van der Waals surface area contributed by atoms with Crippen molar-refractivity contribution in [3.63, 3.8) is 0 Å². The molecule has 3 heteroatoms. The van der Waals surface area contributed by atoms with Crippen LogP contribution >= 0.6 is 0 Å². The van der Waals surface area contributed by atoms with Gasteiger partial charge in [-0.3, -0.25) is 0 Å². The molecule has 1 N–H and O–H groups in total. The van der Waals surface area contributed by atoms with Crippen LogP contribution in [0.5, 0.6) is 0 Å². The Morgan fingerprint density at radius 3 is 2.91 bits per heavy atom. The van der Waals surface area contributed by atoms with Crippen molar-refractivity contribution in [2.45, 2.75) is 13.3 Å². The quantitative estimate of drug-likeness (QED) is 0.806. The summed E-state index contributed by atoms with van der Waals surface area (Å²) in [6.45, 7) is 1.94. The first-order valence-electron chi connectivity index (χ1n) is 3.83. The standard InChI is InChI=1S/C8H11O2.In/c1-4-6(3)7(5-2)8(9)10;/h1,3-4,6-7H,5H2,2H3,(H,9,10);. The van der Waals surface area contributed by atoms with Crippen LogP contribution in [0.2, 0.25) is 0 Å². The molecule has 2 nitrogen and oxygen atoms in total. The van der Waals surface area contributed by atoms with Gasteiger partial charge in [0.1, 0.15) is 0 Å². The van der Waals surface area contributed by atoms with Crippen LogP contribution in [0.1, 0.15) is 13.3 Å². The molecule has 0 spiro atoms. The number of allylic oxidation sites excluding steroid dienone is 1. The van der Waals surface area contributed by atoms with Gasteiger partial charge in [0.15, 0.2) is 0 Å². The van der Waals surface area contributed by atoms with E-state index in [-0.39, 0.29) is 11.8 Å². The van der Waals surface area contributed by atoms with E-state index in [0.29, 0.717) is 0 Å². The molecular formula is C8H11InO2. The number of rotatable bonds is 3. The van der Waals surface area contributed by atoms with Gasteiger partial charge in [0, 0.05) is 0 Å². The zero-order chi connectivity index (χ0) is 8.27. The van der Waals surface area contributed by atoms with E-state index >= 15 is 0 Å². The van der Waals surface area contributed by atoms with Crippen LogP contribution in [0, 0.1) is 11.8 Å². The molecule has 1 rings (SSSR count). The second-order valence-corrected chi connectivity index (χ2v) is 6.00. The number of hydrogen-bond donors (Lipinski definition) is 1. The molecule has 2 atom stereocenters. The summed E-state index contributed by atoms with van der Waals surface area (Å²) in [6.07, 6.45) is 2.81. The Morgan fingerprint density at radius 1 is 1.82 bits per heavy atom. The second kappa shape index (κ2) is 4.10. The third-order valence-electron chi connectivity index (χ3n) is 2.00. The van der Waals surface area contributed by atoms with E-state index in [1.807, 2.05) is 6.92 Å². The zero-order valence-electron chi connectivity index (χ0n) is 6.53. The molecule has 0 bridgehead atoms. The van der Waals surface area contributed by atoms with Crippen molar-refractivity contribution in [2.24, 2.45) is 11.8 Å². The van der Waals surface area contributed by atoms with Crippen LogP contribution < -0.4 is 0 Å². The van der Waals surface area contributed by atoms with Crippen LogP contribution in [-0.2, 0) is 4.79 Å². The van der Waals surface area contributed by atoms with Crippen LogP contribution in [0.4, 0.5) is 0 Å². The zero-order valence-corrected chi connectivity index (χ0v) is 9.82. The Kier molecular flexibility index (Phi) is 3.37. The van der Waals surface area contributed by atoms with Crippen molar-refractivity contribution >= 4 is 32.2 Å². The Hall–Kier alpha value is -0.0499. The van der Waals surface area contributed by atoms with Crippen LogP contribution in [-0.4, -0.2) is 37.3 Å². The average Bonchev–Trinajstić information content (AvgIpc) is 2.40. The SMILES string of the molecule is CCC(C(=O)O)C1C=[CH][In]=[CH]1. The van der Waals surface area contributed by atoms with E-state index in [9.17, 15) is 4.79 Å². The monoisotopic (exact) mass is 254 g/mol. The first-order chi connectivity index (χ1) is 5.25. The fourth-order valence-corrected chi connectivity index (χ4v) is 4.66. The number of carboxylic acids is 1. The number of carbonyl (C=O) groups is 1. The van der Waals surface area contributed by atoms with Crippen molar-refractivity contribution in [1.29, 1.82) is 0 Å². The Labute approximate surface area is 77.1 Å². The molecule has 0 amide bonds. The topological polar surface area (TPSA) is 37.3 Å². The molecule has 0 radical (unpaired) electrons. The molecule has 1 heterocycles. The normalized spacial score (nSPS) is 23.2. The molecule has 11 heavy (non-hydrogen) atoms. The van der Waals surface area contributed by atoms with Gasteiger partial charge in [-0.2, -0.15) is 0 Å². The van der Waals surface area contributed by atoms with Gasteiger partial charge < -0.3 is 0 Å². The van der Waals surface area contributed by atoms with Crippen LogP contribution in [0.25, 0.3) is 0 Å². The van der Waals surface area contributed by atoms with E-state index in [0.717, 1.165) is 6.42 Å². The van der Waals surface area contributed by atoms with Gasteiger partial charge in [0.25, 0.3) is 0 Å². The van der Waals surface area contributed by atoms with Gasteiger partial charge in [-0.05, 0) is 0 Å². The van der Waals surface area contributed by atoms with Crippen molar-refractivity contribution < 1.29 is 9.90 Å². The molecule has 0 aliphatic carbocycles. The second-order valence-electron chi connectivity index (χ2n) is 2.70.